The molecule has 2 aromatic rings. The first-order chi connectivity index (χ1) is 14.6. The number of rotatable bonds is 9. The Hall–Kier alpha value is -2.24. The van der Waals surface area contributed by atoms with Crippen molar-refractivity contribution in [2.45, 2.75) is 45.2 Å². The number of piperidine rings is 1. The van der Waals surface area contributed by atoms with Gasteiger partial charge < -0.3 is 14.8 Å². The minimum absolute atomic E-state index is 0.0652. The van der Waals surface area contributed by atoms with Crippen molar-refractivity contribution < 1.29 is 14.3 Å². The van der Waals surface area contributed by atoms with Gasteiger partial charge in [-0.05, 0) is 55.2 Å². The first-order valence-corrected chi connectivity index (χ1v) is 11.1. The maximum Gasteiger partial charge on any atom is 0.251 e. The van der Waals surface area contributed by atoms with Crippen LogP contribution >= 0.6 is 11.6 Å². The molecule has 0 aliphatic carbocycles. The molecule has 1 heterocycles. The third-order valence-corrected chi connectivity index (χ3v) is 5.68. The van der Waals surface area contributed by atoms with Gasteiger partial charge in [-0.25, -0.2) is 0 Å². The number of hydrogen-bond acceptors (Lipinski definition) is 4. The molecule has 1 fully saturated rings. The summed E-state index contributed by atoms with van der Waals surface area (Å²) in [6.45, 7) is 5.60. The van der Waals surface area contributed by atoms with Crippen molar-refractivity contribution in [3.63, 3.8) is 0 Å². The molecule has 6 heteroatoms. The van der Waals surface area contributed by atoms with E-state index >= 15 is 0 Å². The molecule has 0 radical (unpaired) electrons. The zero-order valence-electron chi connectivity index (χ0n) is 17.8. The molecule has 0 spiro atoms. The molecule has 3 rings (SSSR count). The lowest BCUT2D eigenvalue weighted by Gasteiger charge is -2.32. The van der Waals surface area contributed by atoms with Crippen LogP contribution in [0.5, 0.6) is 11.5 Å². The van der Waals surface area contributed by atoms with Crippen LogP contribution in [0.1, 0.15) is 48.5 Å². The van der Waals surface area contributed by atoms with Gasteiger partial charge in [-0.3, -0.25) is 9.69 Å². The summed E-state index contributed by atoms with van der Waals surface area (Å²) in [6, 6.07) is 13.6. The number of methoxy groups -OCH3 is 1. The number of nitrogens with one attached hydrogen (secondary N) is 1. The summed E-state index contributed by atoms with van der Waals surface area (Å²) in [5.41, 5.74) is 1.86. The minimum atomic E-state index is -0.0652. The maximum absolute atomic E-state index is 12.7. The van der Waals surface area contributed by atoms with Crippen LogP contribution in [0.2, 0.25) is 5.02 Å². The molecule has 2 aromatic carbocycles. The smallest absolute Gasteiger partial charge is 0.251 e. The Balaban J connectivity index is 1.49. The Kier molecular flexibility index (Phi) is 8.40. The van der Waals surface area contributed by atoms with Gasteiger partial charge >= 0.3 is 0 Å². The van der Waals surface area contributed by atoms with Crippen molar-refractivity contribution in [2.24, 2.45) is 0 Å². The largest absolute Gasteiger partial charge is 0.493 e. The summed E-state index contributed by atoms with van der Waals surface area (Å²) >= 11 is 5.96. The van der Waals surface area contributed by atoms with Crippen molar-refractivity contribution >= 4 is 17.5 Å². The first-order valence-electron chi connectivity index (χ1n) is 10.7. The van der Waals surface area contributed by atoms with Gasteiger partial charge in [-0.2, -0.15) is 0 Å². The highest BCUT2D eigenvalue weighted by molar-refractivity contribution is 6.30. The number of unbranched alkanes of at least 4 members (excludes halogenated alkanes) is 1. The quantitative estimate of drug-likeness (QED) is 0.573. The maximum atomic E-state index is 12.7. The summed E-state index contributed by atoms with van der Waals surface area (Å²) in [4.78, 5) is 15.1. The second-order valence-corrected chi connectivity index (χ2v) is 8.15. The number of amides is 1. The Labute approximate surface area is 184 Å². The first kappa shape index (κ1) is 22.4. The topological polar surface area (TPSA) is 50.8 Å². The summed E-state index contributed by atoms with van der Waals surface area (Å²) in [5, 5.41) is 3.93. The van der Waals surface area contributed by atoms with Crippen molar-refractivity contribution in [1.82, 2.24) is 10.2 Å². The van der Waals surface area contributed by atoms with E-state index < -0.39 is 0 Å². The molecule has 30 heavy (non-hydrogen) atoms. The summed E-state index contributed by atoms with van der Waals surface area (Å²) in [5.74, 6) is 1.21. The average Bonchev–Trinajstić information content (AvgIpc) is 2.77. The van der Waals surface area contributed by atoms with E-state index in [1.165, 1.54) is 5.56 Å². The number of carbonyl (C=O) groups excluding carboxylic acids is 1. The monoisotopic (exact) mass is 430 g/mol. The van der Waals surface area contributed by atoms with Crippen LogP contribution in [-0.4, -0.2) is 43.7 Å². The lowest BCUT2D eigenvalue weighted by molar-refractivity contribution is 0.0908. The number of benzene rings is 2. The molecule has 1 N–H and O–H groups in total. The van der Waals surface area contributed by atoms with Crippen LogP contribution in [0.3, 0.4) is 0 Å². The summed E-state index contributed by atoms with van der Waals surface area (Å²) in [7, 11) is 1.60. The van der Waals surface area contributed by atoms with Gasteiger partial charge in [-0.1, -0.05) is 37.1 Å². The van der Waals surface area contributed by atoms with E-state index in [-0.39, 0.29) is 11.9 Å². The molecular weight excluding hydrogens is 400 g/mol. The van der Waals surface area contributed by atoms with E-state index in [9.17, 15) is 4.79 Å². The van der Waals surface area contributed by atoms with E-state index in [0.29, 0.717) is 23.7 Å². The predicted octanol–water partition coefficient (Wildman–Crippen LogP) is 4.92. The highest BCUT2D eigenvalue weighted by Crippen LogP contribution is 2.28. The van der Waals surface area contributed by atoms with Crippen LogP contribution in [0.25, 0.3) is 0 Å². The number of likely N-dealkylation sites (tertiary alicyclic amines) is 1. The lowest BCUT2D eigenvalue weighted by Crippen LogP contribution is -2.44. The van der Waals surface area contributed by atoms with Gasteiger partial charge in [0.05, 0.1) is 13.7 Å². The fourth-order valence-corrected chi connectivity index (χ4v) is 3.73. The molecule has 1 amide bonds. The van der Waals surface area contributed by atoms with Crippen LogP contribution in [0.4, 0.5) is 0 Å². The van der Waals surface area contributed by atoms with E-state index in [0.717, 1.165) is 50.3 Å². The van der Waals surface area contributed by atoms with Gasteiger partial charge in [0.25, 0.3) is 5.91 Å². The molecule has 0 unspecified atom stereocenters. The van der Waals surface area contributed by atoms with Crippen LogP contribution in [0.15, 0.2) is 42.5 Å². The third-order valence-electron chi connectivity index (χ3n) is 5.42. The normalized spacial score (nSPS) is 15.0. The molecule has 5 nitrogen and oxygen atoms in total. The fraction of sp³-hybridized carbons (Fsp3) is 0.458. The van der Waals surface area contributed by atoms with Gasteiger partial charge in [0.15, 0.2) is 11.5 Å². The molecule has 162 valence electrons. The Morgan fingerprint density at radius 1 is 1.13 bits per heavy atom. The van der Waals surface area contributed by atoms with E-state index in [2.05, 4.69) is 29.3 Å². The summed E-state index contributed by atoms with van der Waals surface area (Å²) < 4.78 is 11.2. The molecular formula is C24H31ClN2O3. The summed E-state index contributed by atoms with van der Waals surface area (Å²) in [6.07, 6.45) is 3.94. The van der Waals surface area contributed by atoms with Crippen LogP contribution in [-0.2, 0) is 6.54 Å². The number of carbonyl (C=O) groups is 1. The highest BCUT2D eigenvalue weighted by Gasteiger charge is 2.22. The highest BCUT2D eigenvalue weighted by atomic mass is 35.5. The van der Waals surface area contributed by atoms with Gasteiger partial charge in [0.1, 0.15) is 0 Å². The zero-order chi connectivity index (χ0) is 21.3. The Morgan fingerprint density at radius 3 is 2.53 bits per heavy atom. The van der Waals surface area contributed by atoms with Crippen LogP contribution in [0, 0.1) is 0 Å². The molecule has 0 atom stereocenters. The number of nitrogens with zero attached hydrogens (tertiary/aromatic N) is 1. The van der Waals surface area contributed by atoms with Gasteiger partial charge in [-0.15, -0.1) is 0 Å². The molecule has 1 aliphatic rings. The van der Waals surface area contributed by atoms with Crippen molar-refractivity contribution in [3.8, 4) is 11.5 Å². The standard InChI is InChI=1S/C24H31ClN2O3/c1-3-4-15-30-22-10-7-19(16-23(22)29-2)24(28)26-21-11-13-27(14-12-21)17-18-5-8-20(25)9-6-18/h5-10,16,21H,3-4,11-15,17H2,1-2H3,(H,26,28). The number of ether oxygens (including phenoxy) is 2. The van der Waals surface area contributed by atoms with Gasteiger partial charge in [0.2, 0.25) is 0 Å². The van der Waals surface area contributed by atoms with Crippen molar-refractivity contribution in [1.29, 1.82) is 0 Å². The van der Waals surface area contributed by atoms with Crippen molar-refractivity contribution in [3.05, 3.63) is 58.6 Å². The van der Waals surface area contributed by atoms with E-state index in [1.54, 1.807) is 19.2 Å². The predicted molar refractivity (Wildman–Crippen MR) is 121 cm³/mol. The average molecular weight is 431 g/mol. The lowest BCUT2D eigenvalue weighted by atomic mass is 10.0. The molecule has 0 bridgehead atoms. The number of hydrogen-bond donors (Lipinski definition) is 1. The van der Waals surface area contributed by atoms with Crippen LogP contribution < -0.4 is 14.8 Å². The molecule has 0 aromatic heterocycles. The van der Waals surface area contributed by atoms with E-state index in [4.69, 9.17) is 21.1 Å². The SMILES string of the molecule is CCCCOc1ccc(C(=O)NC2CCN(Cc3ccc(Cl)cc3)CC2)cc1OC. The Bertz CT molecular complexity index is 818. The van der Waals surface area contributed by atoms with Gasteiger partial charge in [0, 0.05) is 36.3 Å². The van der Waals surface area contributed by atoms with Crippen molar-refractivity contribution in [2.75, 3.05) is 26.8 Å². The van der Waals surface area contributed by atoms with E-state index in [1.807, 2.05) is 18.2 Å². The second-order valence-electron chi connectivity index (χ2n) is 7.72. The fourth-order valence-electron chi connectivity index (χ4n) is 3.61. The number of halogens is 1. The molecule has 1 aliphatic heterocycles. The Morgan fingerprint density at radius 2 is 1.87 bits per heavy atom. The second kappa shape index (κ2) is 11.2. The minimum Gasteiger partial charge on any atom is -0.493 e. The third kappa shape index (κ3) is 6.38. The molecule has 0 saturated carbocycles. The molecule has 1 saturated heterocycles. The zero-order valence-corrected chi connectivity index (χ0v) is 18.6.